The van der Waals surface area contributed by atoms with Gasteiger partial charge in [-0.3, -0.25) is 4.79 Å². The summed E-state index contributed by atoms with van der Waals surface area (Å²) >= 11 is 7.31. The van der Waals surface area contributed by atoms with Crippen molar-refractivity contribution in [3.05, 3.63) is 64.9 Å². The van der Waals surface area contributed by atoms with Crippen molar-refractivity contribution in [3.8, 4) is 0 Å². The number of nitrogens with one attached hydrogen (secondary N) is 1. The third-order valence-corrected chi connectivity index (χ3v) is 4.59. The van der Waals surface area contributed by atoms with E-state index in [1.54, 1.807) is 24.3 Å². The zero-order chi connectivity index (χ0) is 16.1. The number of benzene rings is 2. The monoisotopic (exact) mass is 337 g/mol. The molecule has 1 amide bonds. The fourth-order valence-corrected chi connectivity index (χ4v) is 2.94. The van der Waals surface area contributed by atoms with E-state index in [9.17, 15) is 9.18 Å². The van der Waals surface area contributed by atoms with Crippen LogP contribution in [0.1, 0.15) is 25.5 Å². The summed E-state index contributed by atoms with van der Waals surface area (Å²) < 4.78 is 12.9. The molecule has 2 aromatic carbocycles. The van der Waals surface area contributed by atoms with E-state index in [4.69, 9.17) is 11.6 Å². The van der Waals surface area contributed by atoms with E-state index in [-0.39, 0.29) is 23.0 Å². The number of carbonyl (C=O) groups is 1. The first-order valence-corrected chi connectivity index (χ1v) is 8.19. The van der Waals surface area contributed by atoms with E-state index in [0.717, 1.165) is 10.5 Å². The van der Waals surface area contributed by atoms with Gasteiger partial charge in [-0.05, 0) is 55.8 Å². The number of hydrogen-bond donors (Lipinski definition) is 1. The summed E-state index contributed by atoms with van der Waals surface area (Å²) in [5.74, 6) is -0.342. The average Bonchev–Trinajstić information content (AvgIpc) is 2.50. The second kappa shape index (κ2) is 7.65. The largest absolute Gasteiger partial charge is 0.349 e. The van der Waals surface area contributed by atoms with Gasteiger partial charge < -0.3 is 5.32 Å². The molecule has 2 aromatic rings. The Kier molecular flexibility index (Phi) is 5.86. The lowest BCUT2D eigenvalue weighted by molar-refractivity contribution is -0.120. The van der Waals surface area contributed by atoms with Crippen molar-refractivity contribution in [2.75, 3.05) is 0 Å². The Balaban J connectivity index is 1.93. The van der Waals surface area contributed by atoms with Crippen LogP contribution in [0.25, 0.3) is 0 Å². The van der Waals surface area contributed by atoms with Crippen LogP contribution in [-0.4, -0.2) is 11.2 Å². The van der Waals surface area contributed by atoms with Crippen molar-refractivity contribution in [1.82, 2.24) is 5.32 Å². The Morgan fingerprint density at radius 3 is 2.27 bits per heavy atom. The molecule has 0 heterocycles. The minimum Gasteiger partial charge on any atom is -0.349 e. The van der Waals surface area contributed by atoms with Crippen molar-refractivity contribution in [1.29, 1.82) is 0 Å². The maximum Gasteiger partial charge on any atom is 0.233 e. The molecule has 5 heteroatoms. The lowest BCUT2D eigenvalue weighted by atomic mass is 10.1. The summed E-state index contributed by atoms with van der Waals surface area (Å²) in [6, 6.07) is 13.4. The highest BCUT2D eigenvalue weighted by molar-refractivity contribution is 8.00. The Labute approximate surface area is 139 Å². The topological polar surface area (TPSA) is 29.1 Å². The summed E-state index contributed by atoms with van der Waals surface area (Å²) in [4.78, 5) is 13.2. The van der Waals surface area contributed by atoms with E-state index in [1.165, 1.54) is 23.9 Å². The van der Waals surface area contributed by atoms with Crippen molar-refractivity contribution in [3.63, 3.8) is 0 Å². The van der Waals surface area contributed by atoms with Gasteiger partial charge in [-0.25, -0.2) is 4.39 Å². The maximum atomic E-state index is 12.9. The van der Waals surface area contributed by atoms with Gasteiger partial charge in [0.05, 0.1) is 11.3 Å². The number of hydrogen-bond acceptors (Lipinski definition) is 2. The van der Waals surface area contributed by atoms with Crippen LogP contribution in [0.5, 0.6) is 0 Å². The Hall–Kier alpha value is -1.52. The quantitative estimate of drug-likeness (QED) is 0.791. The Morgan fingerprint density at radius 1 is 1.09 bits per heavy atom. The molecule has 0 saturated heterocycles. The van der Waals surface area contributed by atoms with Crippen molar-refractivity contribution in [2.24, 2.45) is 0 Å². The molecular weight excluding hydrogens is 321 g/mol. The minimum atomic E-state index is -0.283. The molecule has 0 aromatic heterocycles. The average molecular weight is 338 g/mol. The lowest BCUT2D eigenvalue weighted by Crippen LogP contribution is -2.33. The van der Waals surface area contributed by atoms with Gasteiger partial charge in [0.1, 0.15) is 5.82 Å². The fraction of sp³-hybridized carbons (Fsp3) is 0.235. The molecule has 0 radical (unpaired) electrons. The number of rotatable bonds is 5. The fourth-order valence-electron chi connectivity index (χ4n) is 1.94. The standard InChI is InChI=1S/C17H17ClFNOS/c1-11(13-3-7-15(19)8-4-13)20-17(21)12(2)22-16-9-5-14(18)6-10-16/h3-12H,1-2H3,(H,20,21)/t11-,12-/m1/s1. The zero-order valence-corrected chi connectivity index (χ0v) is 13.9. The van der Waals surface area contributed by atoms with Gasteiger partial charge in [0, 0.05) is 9.92 Å². The number of halogens is 2. The van der Waals surface area contributed by atoms with Crippen LogP contribution in [0.4, 0.5) is 4.39 Å². The van der Waals surface area contributed by atoms with Gasteiger partial charge in [0.25, 0.3) is 0 Å². The molecule has 2 atom stereocenters. The number of thioether (sulfide) groups is 1. The molecule has 0 aliphatic heterocycles. The molecule has 2 nitrogen and oxygen atoms in total. The Morgan fingerprint density at radius 2 is 1.68 bits per heavy atom. The van der Waals surface area contributed by atoms with E-state index >= 15 is 0 Å². The molecular formula is C17H17ClFNOS. The van der Waals surface area contributed by atoms with E-state index in [2.05, 4.69) is 5.32 Å². The van der Waals surface area contributed by atoms with Crippen LogP contribution < -0.4 is 5.32 Å². The van der Waals surface area contributed by atoms with E-state index < -0.39 is 0 Å². The molecule has 0 aliphatic carbocycles. The molecule has 0 aliphatic rings. The predicted octanol–water partition coefficient (Wildman–Crippen LogP) is 4.84. The van der Waals surface area contributed by atoms with Gasteiger partial charge in [-0.15, -0.1) is 11.8 Å². The molecule has 116 valence electrons. The third kappa shape index (κ3) is 4.75. The van der Waals surface area contributed by atoms with E-state index in [0.29, 0.717) is 5.02 Å². The summed E-state index contributed by atoms with van der Waals surface area (Å²) in [6.07, 6.45) is 0. The predicted molar refractivity (Wildman–Crippen MR) is 89.7 cm³/mol. The summed E-state index contributed by atoms with van der Waals surface area (Å²) in [7, 11) is 0. The molecule has 0 unspecified atom stereocenters. The van der Waals surface area contributed by atoms with Crippen molar-refractivity contribution in [2.45, 2.75) is 30.0 Å². The van der Waals surface area contributed by atoms with Crippen LogP contribution in [0.3, 0.4) is 0 Å². The highest BCUT2D eigenvalue weighted by Gasteiger charge is 2.17. The van der Waals surface area contributed by atoms with Crippen molar-refractivity contribution >= 4 is 29.3 Å². The number of amides is 1. The molecule has 0 fully saturated rings. The van der Waals surface area contributed by atoms with Gasteiger partial charge >= 0.3 is 0 Å². The van der Waals surface area contributed by atoms with Gasteiger partial charge in [-0.2, -0.15) is 0 Å². The van der Waals surface area contributed by atoms with Crippen LogP contribution >= 0.6 is 23.4 Å². The first-order valence-electron chi connectivity index (χ1n) is 6.94. The first-order chi connectivity index (χ1) is 10.5. The van der Waals surface area contributed by atoms with Crippen LogP contribution in [0, 0.1) is 5.82 Å². The second-order valence-electron chi connectivity index (χ2n) is 5.00. The van der Waals surface area contributed by atoms with Gasteiger partial charge in [0.2, 0.25) is 5.91 Å². The number of carbonyl (C=O) groups excluding carboxylic acids is 1. The molecule has 0 bridgehead atoms. The van der Waals surface area contributed by atoms with Crippen molar-refractivity contribution < 1.29 is 9.18 Å². The normalized spacial score (nSPS) is 13.5. The highest BCUT2D eigenvalue weighted by Crippen LogP contribution is 2.25. The van der Waals surface area contributed by atoms with E-state index in [1.807, 2.05) is 26.0 Å². The van der Waals surface area contributed by atoms with Crippen LogP contribution in [0.2, 0.25) is 5.02 Å². The molecule has 1 N–H and O–H groups in total. The van der Waals surface area contributed by atoms with Crippen LogP contribution in [0.15, 0.2) is 53.4 Å². The smallest absolute Gasteiger partial charge is 0.233 e. The molecule has 0 spiro atoms. The lowest BCUT2D eigenvalue weighted by Gasteiger charge is -2.18. The summed E-state index contributed by atoms with van der Waals surface area (Å²) in [5.41, 5.74) is 0.874. The minimum absolute atomic E-state index is 0.0585. The third-order valence-electron chi connectivity index (χ3n) is 3.22. The SMILES string of the molecule is C[C@@H](Sc1ccc(Cl)cc1)C(=O)N[C@H](C)c1ccc(F)cc1. The first kappa shape index (κ1) is 16.8. The summed E-state index contributed by atoms with van der Waals surface area (Å²) in [6.45, 7) is 3.73. The van der Waals surface area contributed by atoms with Crippen LogP contribution in [-0.2, 0) is 4.79 Å². The summed E-state index contributed by atoms with van der Waals surface area (Å²) in [5, 5.41) is 3.38. The Bertz CT molecular complexity index is 630. The van der Waals surface area contributed by atoms with Gasteiger partial charge in [-0.1, -0.05) is 23.7 Å². The zero-order valence-electron chi connectivity index (χ0n) is 12.3. The molecule has 2 rings (SSSR count). The molecule has 0 saturated carbocycles. The maximum absolute atomic E-state index is 12.9. The molecule has 22 heavy (non-hydrogen) atoms. The highest BCUT2D eigenvalue weighted by atomic mass is 35.5. The van der Waals surface area contributed by atoms with Gasteiger partial charge in [0.15, 0.2) is 0 Å². The second-order valence-corrected chi connectivity index (χ2v) is 6.85.